The SMILES string of the molecule is COc1cccc2cc(-c3cc(F)c(C(C)C)s3)[nH]c12. The number of H-pyrrole nitrogens is 1. The van der Waals surface area contributed by atoms with Gasteiger partial charge in [-0.25, -0.2) is 4.39 Å². The van der Waals surface area contributed by atoms with E-state index in [0.717, 1.165) is 32.1 Å². The molecule has 0 spiro atoms. The van der Waals surface area contributed by atoms with Gasteiger partial charge >= 0.3 is 0 Å². The van der Waals surface area contributed by atoms with E-state index in [9.17, 15) is 4.39 Å². The number of nitrogens with one attached hydrogen (secondary N) is 1. The maximum Gasteiger partial charge on any atom is 0.142 e. The molecular weight excluding hydrogens is 273 g/mol. The minimum absolute atomic E-state index is 0.120. The molecule has 4 heteroatoms. The van der Waals surface area contributed by atoms with E-state index in [1.807, 2.05) is 38.1 Å². The summed E-state index contributed by atoms with van der Waals surface area (Å²) < 4.78 is 19.3. The number of fused-ring (bicyclic) bond motifs is 1. The summed E-state index contributed by atoms with van der Waals surface area (Å²) in [7, 11) is 1.65. The molecule has 0 unspecified atom stereocenters. The summed E-state index contributed by atoms with van der Waals surface area (Å²) >= 11 is 1.50. The van der Waals surface area contributed by atoms with Gasteiger partial charge in [-0.3, -0.25) is 0 Å². The van der Waals surface area contributed by atoms with Gasteiger partial charge in [0, 0.05) is 10.3 Å². The molecule has 2 nitrogen and oxygen atoms in total. The fourth-order valence-corrected chi connectivity index (χ4v) is 3.35. The summed E-state index contributed by atoms with van der Waals surface area (Å²) in [6.45, 7) is 4.01. The Hall–Kier alpha value is -1.81. The summed E-state index contributed by atoms with van der Waals surface area (Å²) in [5, 5.41) is 1.07. The van der Waals surface area contributed by atoms with Crippen LogP contribution in [0.3, 0.4) is 0 Å². The van der Waals surface area contributed by atoms with E-state index in [2.05, 4.69) is 4.98 Å². The van der Waals surface area contributed by atoms with Crippen LogP contribution in [0.2, 0.25) is 0 Å². The molecule has 0 aliphatic carbocycles. The standard InChI is InChI=1S/C16H16FNOS/c1-9(2)16-11(17)8-14(20-16)12-7-10-5-4-6-13(19-3)15(10)18-12/h4-9,18H,1-3H3. The lowest BCUT2D eigenvalue weighted by Gasteiger charge is -2.00. The average molecular weight is 289 g/mol. The molecule has 0 saturated carbocycles. The third-order valence-corrected chi connectivity index (χ3v) is 4.78. The molecule has 1 N–H and O–H groups in total. The fraction of sp³-hybridized carbons (Fsp3) is 0.250. The van der Waals surface area contributed by atoms with Crippen molar-refractivity contribution >= 4 is 22.2 Å². The first-order chi connectivity index (χ1) is 9.60. The number of hydrogen-bond donors (Lipinski definition) is 1. The van der Waals surface area contributed by atoms with Gasteiger partial charge in [0.15, 0.2) is 0 Å². The zero-order valence-electron chi connectivity index (χ0n) is 11.7. The first kappa shape index (κ1) is 13.2. The van der Waals surface area contributed by atoms with Crippen molar-refractivity contribution in [1.82, 2.24) is 4.98 Å². The van der Waals surface area contributed by atoms with Crippen LogP contribution in [-0.4, -0.2) is 12.1 Å². The Morgan fingerprint density at radius 1 is 1.25 bits per heavy atom. The lowest BCUT2D eigenvalue weighted by Crippen LogP contribution is -1.83. The Balaban J connectivity index is 2.13. The number of ether oxygens (including phenoxy) is 1. The molecule has 0 atom stereocenters. The van der Waals surface area contributed by atoms with Crippen LogP contribution in [0.4, 0.5) is 4.39 Å². The smallest absolute Gasteiger partial charge is 0.142 e. The van der Waals surface area contributed by atoms with Crippen LogP contribution in [0.25, 0.3) is 21.5 Å². The maximum absolute atomic E-state index is 13.9. The third-order valence-electron chi connectivity index (χ3n) is 3.34. The Kier molecular flexibility index (Phi) is 3.26. The minimum Gasteiger partial charge on any atom is -0.495 e. The molecule has 1 aromatic carbocycles. The van der Waals surface area contributed by atoms with E-state index >= 15 is 0 Å². The average Bonchev–Trinajstić information content (AvgIpc) is 3.01. The van der Waals surface area contributed by atoms with Gasteiger partial charge in [0.2, 0.25) is 0 Å². The van der Waals surface area contributed by atoms with Crippen molar-refractivity contribution in [3.05, 3.63) is 41.0 Å². The van der Waals surface area contributed by atoms with Crippen LogP contribution < -0.4 is 4.74 Å². The molecule has 0 radical (unpaired) electrons. The molecule has 0 aliphatic heterocycles. The highest BCUT2D eigenvalue weighted by Crippen LogP contribution is 2.37. The molecule has 0 saturated heterocycles. The van der Waals surface area contributed by atoms with Crippen molar-refractivity contribution in [3.63, 3.8) is 0 Å². The van der Waals surface area contributed by atoms with Gasteiger partial charge in [0.25, 0.3) is 0 Å². The van der Waals surface area contributed by atoms with E-state index in [1.165, 1.54) is 11.3 Å². The number of rotatable bonds is 3. The number of thiophene rings is 1. The largest absolute Gasteiger partial charge is 0.495 e. The van der Waals surface area contributed by atoms with Crippen molar-refractivity contribution in [1.29, 1.82) is 0 Å². The van der Waals surface area contributed by atoms with Crippen molar-refractivity contribution < 1.29 is 9.13 Å². The molecule has 2 heterocycles. The summed E-state index contributed by atoms with van der Waals surface area (Å²) in [6.07, 6.45) is 0. The highest BCUT2D eigenvalue weighted by Gasteiger charge is 2.15. The maximum atomic E-state index is 13.9. The van der Waals surface area contributed by atoms with Crippen LogP contribution in [-0.2, 0) is 0 Å². The molecule has 3 aromatic rings. The van der Waals surface area contributed by atoms with Crippen LogP contribution in [0, 0.1) is 5.82 Å². The van der Waals surface area contributed by atoms with Crippen molar-refractivity contribution in [2.45, 2.75) is 19.8 Å². The van der Waals surface area contributed by atoms with E-state index in [0.29, 0.717) is 0 Å². The number of hydrogen-bond acceptors (Lipinski definition) is 2. The predicted molar refractivity (Wildman–Crippen MR) is 82.2 cm³/mol. The Morgan fingerprint density at radius 2 is 2.05 bits per heavy atom. The van der Waals surface area contributed by atoms with E-state index < -0.39 is 0 Å². The van der Waals surface area contributed by atoms with Gasteiger partial charge in [-0.05, 0) is 24.1 Å². The van der Waals surface area contributed by atoms with Crippen LogP contribution in [0.1, 0.15) is 24.6 Å². The number of benzene rings is 1. The lowest BCUT2D eigenvalue weighted by atomic mass is 10.2. The number of methoxy groups -OCH3 is 1. The summed E-state index contributed by atoms with van der Waals surface area (Å²) in [6, 6.07) is 9.53. The Bertz CT molecular complexity index is 757. The van der Waals surface area contributed by atoms with E-state index in [1.54, 1.807) is 13.2 Å². The van der Waals surface area contributed by atoms with Gasteiger partial charge in [0.05, 0.1) is 23.2 Å². The van der Waals surface area contributed by atoms with Crippen LogP contribution in [0.5, 0.6) is 5.75 Å². The van der Waals surface area contributed by atoms with E-state index in [4.69, 9.17) is 4.74 Å². The normalized spacial score (nSPS) is 11.4. The fourth-order valence-electron chi connectivity index (χ4n) is 2.34. The molecule has 2 aromatic heterocycles. The second-order valence-corrected chi connectivity index (χ2v) is 6.17. The highest BCUT2D eigenvalue weighted by molar-refractivity contribution is 7.15. The third kappa shape index (κ3) is 2.10. The zero-order valence-corrected chi connectivity index (χ0v) is 12.5. The molecule has 0 fully saturated rings. The van der Waals surface area contributed by atoms with Gasteiger partial charge in [-0.2, -0.15) is 0 Å². The zero-order chi connectivity index (χ0) is 14.3. The molecule has 104 valence electrons. The molecular formula is C16H16FNOS. The first-order valence-electron chi connectivity index (χ1n) is 6.55. The Labute approximate surface area is 121 Å². The second-order valence-electron chi connectivity index (χ2n) is 5.09. The summed E-state index contributed by atoms with van der Waals surface area (Å²) in [5.74, 6) is 0.883. The molecule has 20 heavy (non-hydrogen) atoms. The second kappa shape index (κ2) is 4.94. The van der Waals surface area contributed by atoms with Crippen LogP contribution in [0.15, 0.2) is 30.3 Å². The quantitative estimate of drug-likeness (QED) is 0.707. The van der Waals surface area contributed by atoms with Crippen LogP contribution >= 0.6 is 11.3 Å². The molecule has 0 bridgehead atoms. The van der Waals surface area contributed by atoms with Gasteiger partial charge in [-0.1, -0.05) is 26.0 Å². The van der Waals surface area contributed by atoms with Crippen molar-refractivity contribution in [2.75, 3.05) is 7.11 Å². The molecule has 0 amide bonds. The predicted octanol–water partition coefficient (Wildman–Crippen LogP) is 5.17. The topological polar surface area (TPSA) is 25.0 Å². The highest BCUT2D eigenvalue weighted by atomic mass is 32.1. The molecule has 0 aliphatic rings. The summed E-state index contributed by atoms with van der Waals surface area (Å²) in [5.41, 5.74) is 1.88. The number of aromatic amines is 1. The van der Waals surface area contributed by atoms with Gasteiger partial charge < -0.3 is 9.72 Å². The number of para-hydroxylation sites is 1. The van der Waals surface area contributed by atoms with Gasteiger partial charge in [0.1, 0.15) is 11.6 Å². The summed E-state index contributed by atoms with van der Waals surface area (Å²) in [4.78, 5) is 5.05. The number of aromatic nitrogens is 1. The molecule has 3 rings (SSSR count). The lowest BCUT2D eigenvalue weighted by molar-refractivity contribution is 0.419. The minimum atomic E-state index is -0.120. The monoisotopic (exact) mass is 289 g/mol. The van der Waals surface area contributed by atoms with Gasteiger partial charge in [-0.15, -0.1) is 11.3 Å². The van der Waals surface area contributed by atoms with Crippen molar-refractivity contribution in [2.24, 2.45) is 0 Å². The first-order valence-corrected chi connectivity index (χ1v) is 7.37. The van der Waals surface area contributed by atoms with E-state index in [-0.39, 0.29) is 11.7 Å². The van der Waals surface area contributed by atoms with Crippen molar-refractivity contribution in [3.8, 4) is 16.3 Å². The number of halogens is 1. The Morgan fingerprint density at radius 3 is 2.70 bits per heavy atom.